The zero-order chi connectivity index (χ0) is 13.7. The number of nitrogens with one attached hydrogen (secondary N) is 2. The van der Waals surface area contributed by atoms with Gasteiger partial charge < -0.3 is 10.6 Å². The molecule has 0 aliphatic carbocycles. The fourth-order valence-corrected chi connectivity index (χ4v) is 2.45. The zero-order valence-electron chi connectivity index (χ0n) is 10.4. The maximum atomic E-state index is 12.0. The van der Waals surface area contributed by atoms with E-state index in [1.165, 1.54) is 0 Å². The maximum absolute atomic E-state index is 12.0. The van der Waals surface area contributed by atoms with Gasteiger partial charge in [-0.05, 0) is 41.4 Å². The molecule has 100 valence electrons. The lowest BCUT2D eigenvalue weighted by molar-refractivity contribution is 0.0951. The van der Waals surface area contributed by atoms with Crippen LogP contribution in [-0.4, -0.2) is 17.4 Å². The molecule has 0 saturated carbocycles. The Morgan fingerprint density at radius 2 is 2.32 bits per heavy atom. The topological polar surface area (TPSA) is 54.0 Å². The maximum Gasteiger partial charge on any atom is 0.251 e. The molecule has 4 nitrogen and oxygen atoms in total. The molecule has 19 heavy (non-hydrogen) atoms. The number of carbonyl (C=O) groups is 1. The van der Waals surface area contributed by atoms with E-state index in [-0.39, 0.29) is 5.91 Å². The molecule has 0 saturated heterocycles. The number of rotatable bonds is 5. The Morgan fingerprint density at radius 3 is 3.00 bits per heavy atom. The van der Waals surface area contributed by atoms with Gasteiger partial charge in [-0.25, -0.2) is 4.98 Å². The van der Waals surface area contributed by atoms with Gasteiger partial charge in [0.2, 0.25) is 0 Å². The minimum absolute atomic E-state index is 0.158. The van der Waals surface area contributed by atoms with Gasteiger partial charge in [0.05, 0.1) is 0 Å². The van der Waals surface area contributed by atoms with E-state index in [0.29, 0.717) is 23.1 Å². The molecule has 2 aromatic rings. The highest BCUT2D eigenvalue weighted by atomic mass is 35.5. The van der Waals surface area contributed by atoms with Crippen molar-refractivity contribution in [2.45, 2.75) is 13.5 Å². The van der Waals surface area contributed by atoms with E-state index in [4.69, 9.17) is 11.6 Å². The Labute approximate surface area is 120 Å². The van der Waals surface area contributed by atoms with Gasteiger partial charge in [0.1, 0.15) is 11.0 Å². The summed E-state index contributed by atoms with van der Waals surface area (Å²) >= 11 is 7.51. The Balaban J connectivity index is 2.05. The molecule has 0 bridgehead atoms. The van der Waals surface area contributed by atoms with Crippen molar-refractivity contribution < 1.29 is 4.79 Å². The standard InChI is InChI=1S/C13H14ClN3OS/c1-2-15-12-6-10(5-11(14)17-12)13(18)16-7-9-3-4-19-8-9/h3-6,8H,2,7H2,1H3,(H,15,17)(H,16,18). The second-order valence-electron chi connectivity index (χ2n) is 3.91. The molecule has 0 aliphatic heterocycles. The number of carbonyl (C=O) groups excluding carboxylic acids is 1. The van der Waals surface area contributed by atoms with Crippen LogP contribution in [0.5, 0.6) is 0 Å². The van der Waals surface area contributed by atoms with Crippen LogP contribution in [0.4, 0.5) is 5.82 Å². The van der Waals surface area contributed by atoms with E-state index < -0.39 is 0 Å². The molecule has 6 heteroatoms. The second kappa shape index (κ2) is 6.54. The number of nitrogens with zero attached hydrogens (tertiary/aromatic N) is 1. The third-order valence-corrected chi connectivity index (χ3v) is 3.37. The largest absolute Gasteiger partial charge is 0.370 e. The number of anilines is 1. The molecular weight excluding hydrogens is 282 g/mol. The fraction of sp³-hybridized carbons (Fsp3) is 0.231. The summed E-state index contributed by atoms with van der Waals surface area (Å²) in [6.07, 6.45) is 0. The molecule has 2 rings (SSSR count). The van der Waals surface area contributed by atoms with Crippen LogP contribution in [0.2, 0.25) is 5.15 Å². The summed E-state index contributed by atoms with van der Waals surface area (Å²) in [6.45, 7) is 3.20. The smallest absolute Gasteiger partial charge is 0.251 e. The van der Waals surface area contributed by atoms with E-state index in [9.17, 15) is 4.79 Å². The highest BCUT2D eigenvalue weighted by molar-refractivity contribution is 7.07. The van der Waals surface area contributed by atoms with Crippen LogP contribution >= 0.6 is 22.9 Å². The molecule has 2 heterocycles. The van der Waals surface area contributed by atoms with Crippen LogP contribution in [0, 0.1) is 0 Å². The van der Waals surface area contributed by atoms with Crippen molar-refractivity contribution in [3.8, 4) is 0 Å². The van der Waals surface area contributed by atoms with Crippen molar-refractivity contribution in [1.29, 1.82) is 0 Å². The van der Waals surface area contributed by atoms with Crippen molar-refractivity contribution in [2.24, 2.45) is 0 Å². The van der Waals surface area contributed by atoms with Crippen LogP contribution < -0.4 is 10.6 Å². The number of aromatic nitrogens is 1. The van der Waals surface area contributed by atoms with Crippen molar-refractivity contribution >= 4 is 34.7 Å². The lowest BCUT2D eigenvalue weighted by Crippen LogP contribution is -2.22. The van der Waals surface area contributed by atoms with Crippen molar-refractivity contribution in [3.05, 3.63) is 45.2 Å². The summed E-state index contributed by atoms with van der Waals surface area (Å²) in [4.78, 5) is 16.1. The summed E-state index contributed by atoms with van der Waals surface area (Å²) in [6, 6.07) is 5.23. The summed E-state index contributed by atoms with van der Waals surface area (Å²) < 4.78 is 0. The highest BCUT2D eigenvalue weighted by Crippen LogP contribution is 2.14. The van der Waals surface area contributed by atoms with E-state index in [1.807, 2.05) is 23.8 Å². The summed E-state index contributed by atoms with van der Waals surface area (Å²) in [5, 5.41) is 10.2. The van der Waals surface area contributed by atoms with E-state index in [0.717, 1.165) is 12.1 Å². The Bertz CT molecular complexity index is 557. The average molecular weight is 296 g/mol. The van der Waals surface area contributed by atoms with Gasteiger partial charge in [-0.3, -0.25) is 4.79 Å². The minimum Gasteiger partial charge on any atom is -0.370 e. The molecule has 0 spiro atoms. The number of thiophene rings is 1. The number of hydrogen-bond acceptors (Lipinski definition) is 4. The first kappa shape index (κ1) is 13.8. The molecular formula is C13H14ClN3OS. The van der Waals surface area contributed by atoms with Gasteiger partial charge in [-0.2, -0.15) is 11.3 Å². The zero-order valence-corrected chi connectivity index (χ0v) is 12.0. The summed E-state index contributed by atoms with van der Waals surface area (Å²) in [5.74, 6) is 0.449. The average Bonchev–Trinajstić information content (AvgIpc) is 2.88. The molecule has 0 aliphatic rings. The number of pyridine rings is 1. The molecule has 2 N–H and O–H groups in total. The SMILES string of the molecule is CCNc1cc(C(=O)NCc2ccsc2)cc(Cl)n1. The number of halogens is 1. The second-order valence-corrected chi connectivity index (χ2v) is 5.08. The Morgan fingerprint density at radius 1 is 1.47 bits per heavy atom. The molecule has 0 atom stereocenters. The van der Waals surface area contributed by atoms with Crippen LogP contribution in [-0.2, 0) is 6.54 Å². The van der Waals surface area contributed by atoms with E-state index in [2.05, 4.69) is 15.6 Å². The van der Waals surface area contributed by atoms with E-state index >= 15 is 0 Å². The van der Waals surface area contributed by atoms with Gasteiger partial charge in [-0.15, -0.1) is 0 Å². The van der Waals surface area contributed by atoms with Crippen molar-refractivity contribution in [2.75, 3.05) is 11.9 Å². The Hall–Kier alpha value is -1.59. The van der Waals surface area contributed by atoms with E-state index in [1.54, 1.807) is 23.5 Å². The molecule has 0 aromatic carbocycles. The first-order chi connectivity index (χ1) is 9.19. The van der Waals surface area contributed by atoms with Crippen LogP contribution in [0.25, 0.3) is 0 Å². The highest BCUT2D eigenvalue weighted by Gasteiger charge is 2.09. The van der Waals surface area contributed by atoms with Gasteiger partial charge in [0, 0.05) is 18.7 Å². The van der Waals surface area contributed by atoms with Crippen LogP contribution in [0.1, 0.15) is 22.8 Å². The predicted octanol–water partition coefficient (Wildman–Crippen LogP) is 3.16. The Kier molecular flexibility index (Phi) is 4.76. The van der Waals surface area contributed by atoms with Gasteiger partial charge in [0.25, 0.3) is 5.91 Å². The van der Waals surface area contributed by atoms with Crippen molar-refractivity contribution in [3.63, 3.8) is 0 Å². The molecule has 2 aromatic heterocycles. The van der Waals surface area contributed by atoms with Crippen molar-refractivity contribution in [1.82, 2.24) is 10.3 Å². The van der Waals surface area contributed by atoms with Gasteiger partial charge >= 0.3 is 0 Å². The third-order valence-electron chi connectivity index (χ3n) is 2.45. The molecule has 0 unspecified atom stereocenters. The molecule has 1 amide bonds. The normalized spacial score (nSPS) is 10.2. The lowest BCUT2D eigenvalue weighted by atomic mass is 10.2. The molecule has 0 fully saturated rings. The van der Waals surface area contributed by atoms with Crippen LogP contribution in [0.15, 0.2) is 29.0 Å². The van der Waals surface area contributed by atoms with Gasteiger partial charge in [-0.1, -0.05) is 11.6 Å². The first-order valence-corrected chi connectivity index (χ1v) is 7.22. The monoisotopic (exact) mass is 295 g/mol. The first-order valence-electron chi connectivity index (χ1n) is 5.89. The lowest BCUT2D eigenvalue weighted by Gasteiger charge is -2.07. The minimum atomic E-state index is -0.158. The predicted molar refractivity (Wildman–Crippen MR) is 78.9 cm³/mol. The quantitative estimate of drug-likeness (QED) is 0.833. The number of amides is 1. The number of hydrogen-bond donors (Lipinski definition) is 2. The summed E-state index contributed by atoms with van der Waals surface area (Å²) in [5.41, 5.74) is 1.59. The molecule has 0 radical (unpaired) electrons. The fourth-order valence-electron chi connectivity index (χ4n) is 1.58. The summed E-state index contributed by atoms with van der Waals surface area (Å²) in [7, 11) is 0. The van der Waals surface area contributed by atoms with Gasteiger partial charge in [0.15, 0.2) is 0 Å². The third kappa shape index (κ3) is 3.94. The van der Waals surface area contributed by atoms with Crippen LogP contribution in [0.3, 0.4) is 0 Å².